The number of benzene rings is 2. The van der Waals surface area contributed by atoms with Crippen molar-refractivity contribution in [2.75, 3.05) is 18.4 Å². The fourth-order valence-electron chi connectivity index (χ4n) is 4.78. The van der Waals surface area contributed by atoms with E-state index < -0.39 is 0 Å². The molecule has 1 atom stereocenters. The molecule has 5 rings (SSSR count). The van der Waals surface area contributed by atoms with Gasteiger partial charge in [0.2, 0.25) is 5.91 Å². The van der Waals surface area contributed by atoms with Crippen LogP contribution in [0.15, 0.2) is 48.8 Å². The fourth-order valence-corrected chi connectivity index (χ4v) is 4.78. The van der Waals surface area contributed by atoms with Crippen molar-refractivity contribution < 1.29 is 18.7 Å². The first-order valence-corrected chi connectivity index (χ1v) is 12.0. The summed E-state index contributed by atoms with van der Waals surface area (Å²) in [6.07, 6.45) is 2.68. The maximum absolute atomic E-state index is 13.2. The fraction of sp³-hybridized carbons (Fsp3) is 0.370. The largest absolute Gasteiger partial charge is 0.365 e. The first kappa shape index (κ1) is 23.2. The van der Waals surface area contributed by atoms with Crippen LogP contribution in [0.4, 0.5) is 10.1 Å². The van der Waals surface area contributed by atoms with E-state index in [9.17, 15) is 14.0 Å². The monoisotopic (exact) mass is 476 g/mol. The van der Waals surface area contributed by atoms with Gasteiger partial charge in [-0.25, -0.2) is 9.37 Å². The normalized spacial score (nSPS) is 18.3. The Morgan fingerprint density at radius 1 is 1.09 bits per heavy atom. The molecule has 2 amide bonds. The molecule has 0 spiro atoms. The number of fused-ring (bicyclic) bond motifs is 1. The first-order chi connectivity index (χ1) is 16.9. The molecule has 7 nitrogen and oxygen atoms in total. The van der Waals surface area contributed by atoms with Crippen molar-refractivity contribution in [2.24, 2.45) is 5.92 Å². The number of amides is 2. The Labute approximate surface area is 203 Å². The van der Waals surface area contributed by atoms with Crippen molar-refractivity contribution in [3.8, 4) is 0 Å². The second-order valence-corrected chi connectivity index (χ2v) is 9.42. The number of nitrogens with one attached hydrogen (secondary N) is 1. The van der Waals surface area contributed by atoms with E-state index in [4.69, 9.17) is 4.74 Å². The molecule has 0 bridgehead atoms. The number of aromatic nitrogens is 2. The average molecular weight is 477 g/mol. The lowest BCUT2D eigenvalue weighted by Gasteiger charge is -2.31. The first-order valence-electron chi connectivity index (χ1n) is 12.0. The molecule has 1 fully saturated rings. The molecular weight excluding hydrogens is 447 g/mol. The van der Waals surface area contributed by atoms with Gasteiger partial charge >= 0.3 is 0 Å². The molecule has 2 aromatic carbocycles. The van der Waals surface area contributed by atoms with Crippen molar-refractivity contribution >= 4 is 17.5 Å². The summed E-state index contributed by atoms with van der Waals surface area (Å²) in [5, 5.41) is 3.06. The molecule has 8 heteroatoms. The lowest BCUT2D eigenvalue weighted by atomic mass is 9.95. The average Bonchev–Trinajstić information content (AvgIpc) is 3.29. The SMILES string of the molecule is Cc1ccc(C)c(NC(=O)C2CCN(C(=O)c3ncn4c3COC(c3ccc(F)cc3)C4)CC2)c1. The molecule has 1 saturated heterocycles. The number of ether oxygens (including phenoxy) is 1. The summed E-state index contributed by atoms with van der Waals surface area (Å²) < 4.78 is 21.2. The number of aryl methyl sites for hydroxylation is 2. The van der Waals surface area contributed by atoms with E-state index in [1.165, 1.54) is 12.1 Å². The van der Waals surface area contributed by atoms with Gasteiger partial charge in [0.05, 0.1) is 25.2 Å². The number of halogens is 1. The van der Waals surface area contributed by atoms with Crippen LogP contribution in [0.2, 0.25) is 0 Å². The molecule has 2 aliphatic rings. The van der Waals surface area contributed by atoms with Crippen LogP contribution in [0, 0.1) is 25.6 Å². The smallest absolute Gasteiger partial charge is 0.274 e. The van der Waals surface area contributed by atoms with Crippen molar-refractivity contribution in [1.82, 2.24) is 14.5 Å². The molecule has 0 saturated carbocycles. The van der Waals surface area contributed by atoms with Gasteiger partial charge in [-0.2, -0.15) is 0 Å². The molecular formula is C27H29FN4O3. The molecule has 1 aromatic heterocycles. The number of piperidine rings is 1. The minimum atomic E-state index is -0.285. The van der Waals surface area contributed by atoms with Crippen LogP contribution in [0.25, 0.3) is 0 Å². The van der Waals surface area contributed by atoms with Crippen LogP contribution in [0.3, 0.4) is 0 Å². The number of hydrogen-bond acceptors (Lipinski definition) is 4. The molecule has 1 N–H and O–H groups in total. The van der Waals surface area contributed by atoms with E-state index in [-0.39, 0.29) is 36.3 Å². The Bertz CT molecular complexity index is 1250. The molecule has 182 valence electrons. The number of hydrogen-bond donors (Lipinski definition) is 1. The summed E-state index contributed by atoms with van der Waals surface area (Å²) in [6.45, 7) is 5.78. The molecule has 0 radical (unpaired) electrons. The van der Waals surface area contributed by atoms with E-state index in [1.807, 2.05) is 36.6 Å². The predicted molar refractivity (Wildman–Crippen MR) is 129 cm³/mol. The number of nitrogens with zero attached hydrogens (tertiary/aromatic N) is 3. The molecule has 3 heterocycles. The van der Waals surface area contributed by atoms with Crippen LogP contribution in [-0.2, 0) is 22.7 Å². The van der Waals surface area contributed by atoms with Crippen molar-refractivity contribution in [2.45, 2.75) is 45.9 Å². The van der Waals surface area contributed by atoms with E-state index in [1.54, 1.807) is 23.4 Å². The highest BCUT2D eigenvalue weighted by Crippen LogP contribution is 2.29. The third kappa shape index (κ3) is 4.84. The highest BCUT2D eigenvalue weighted by atomic mass is 19.1. The number of likely N-dealkylation sites (tertiary alicyclic amines) is 1. The van der Waals surface area contributed by atoms with Gasteiger partial charge in [-0.1, -0.05) is 24.3 Å². The van der Waals surface area contributed by atoms with Gasteiger partial charge in [0.1, 0.15) is 11.9 Å². The van der Waals surface area contributed by atoms with Gasteiger partial charge in [0.25, 0.3) is 5.91 Å². The summed E-state index contributed by atoms with van der Waals surface area (Å²) in [7, 11) is 0. The lowest BCUT2D eigenvalue weighted by molar-refractivity contribution is -0.121. The zero-order valence-corrected chi connectivity index (χ0v) is 20.0. The Morgan fingerprint density at radius 3 is 2.57 bits per heavy atom. The molecule has 0 aliphatic carbocycles. The second-order valence-electron chi connectivity index (χ2n) is 9.42. The standard InChI is InChI=1S/C27H29FN4O3/c1-17-3-4-18(2)22(13-17)30-26(33)20-9-11-31(12-10-20)27(34)25-23-15-35-24(14-32(23)16-29-25)19-5-7-21(28)8-6-19/h3-8,13,16,20,24H,9-12,14-15H2,1-2H3,(H,30,33). The highest BCUT2D eigenvalue weighted by Gasteiger charge is 2.32. The van der Waals surface area contributed by atoms with E-state index in [2.05, 4.69) is 10.3 Å². The van der Waals surface area contributed by atoms with Crippen LogP contribution in [0.5, 0.6) is 0 Å². The van der Waals surface area contributed by atoms with Gasteiger partial charge < -0.3 is 19.5 Å². The Morgan fingerprint density at radius 2 is 1.83 bits per heavy atom. The van der Waals surface area contributed by atoms with Gasteiger partial charge in [0.15, 0.2) is 5.69 Å². The van der Waals surface area contributed by atoms with Crippen LogP contribution >= 0.6 is 0 Å². The Hall–Kier alpha value is -3.52. The Kier molecular flexibility index (Phi) is 6.38. The lowest BCUT2D eigenvalue weighted by Crippen LogP contribution is -2.42. The topological polar surface area (TPSA) is 76.5 Å². The summed E-state index contributed by atoms with van der Waals surface area (Å²) in [6, 6.07) is 12.3. The van der Waals surface area contributed by atoms with Crippen LogP contribution < -0.4 is 5.32 Å². The van der Waals surface area contributed by atoms with Gasteiger partial charge in [-0.15, -0.1) is 0 Å². The van der Waals surface area contributed by atoms with Crippen LogP contribution in [-0.4, -0.2) is 39.4 Å². The summed E-state index contributed by atoms with van der Waals surface area (Å²) in [4.78, 5) is 32.2. The summed E-state index contributed by atoms with van der Waals surface area (Å²) >= 11 is 0. The number of imidazole rings is 1. The van der Waals surface area contributed by atoms with Crippen molar-refractivity contribution in [1.29, 1.82) is 0 Å². The Balaban J connectivity index is 1.19. The number of anilines is 1. The number of carbonyl (C=O) groups is 2. The van der Waals surface area contributed by atoms with E-state index >= 15 is 0 Å². The predicted octanol–water partition coefficient (Wildman–Crippen LogP) is 4.40. The highest BCUT2D eigenvalue weighted by molar-refractivity contribution is 5.95. The van der Waals surface area contributed by atoms with Gasteiger partial charge in [0, 0.05) is 24.7 Å². The number of carbonyl (C=O) groups excluding carboxylic acids is 2. The third-order valence-electron chi connectivity index (χ3n) is 6.98. The van der Waals surface area contributed by atoms with E-state index in [0.29, 0.717) is 38.2 Å². The zero-order chi connectivity index (χ0) is 24.5. The maximum atomic E-state index is 13.2. The quantitative estimate of drug-likeness (QED) is 0.606. The van der Waals surface area contributed by atoms with Crippen molar-refractivity contribution in [3.63, 3.8) is 0 Å². The number of rotatable bonds is 4. The minimum Gasteiger partial charge on any atom is -0.365 e. The van der Waals surface area contributed by atoms with E-state index in [0.717, 1.165) is 28.1 Å². The zero-order valence-electron chi connectivity index (χ0n) is 20.0. The molecule has 35 heavy (non-hydrogen) atoms. The summed E-state index contributed by atoms with van der Waals surface area (Å²) in [5.74, 6) is -0.539. The van der Waals surface area contributed by atoms with Gasteiger partial charge in [-0.05, 0) is 61.6 Å². The van der Waals surface area contributed by atoms with Gasteiger partial charge in [-0.3, -0.25) is 9.59 Å². The maximum Gasteiger partial charge on any atom is 0.274 e. The minimum absolute atomic E-state index is 0.00500. The third-order valence-corrected chi connectivity index (χ3v) is 6.98. The summed E-state index contributed by atoms with van der Waals surface area (Å²) in [5.41, 5.74) is 5.02. The molecule has 3 aromatic rings. The molecule has 2 aliphatic heterocycles. The van der Waals surface area contributed by atoms with Crippen molar-refractivity contribution in [3.05, 3.63) is 82.7 Å². The second kappa shape index (κ2) is 9.62. The van der Waals surface area contributed by atoms with Crippen LogP contribution in [0.1, 0.15) is 51.8 Å². The molecule has 1 unspecified atom stereocenters.